The average Bonchev–Trinajstić information content (AvgIpc) is 2.90. The number of ether oxygens (including phenoxy) is 2. The molecule has 0 saturated heterocycles. The minimum absolute atomic E-state index is 0.0896. The Morgan fingerprint density at radius 2 is 1.59 bits per heavy atom. The predicted molar refractivity (Wildman–Crippen MR) is 146 cm³/mol. The third-order valence-corrected chi connectivity index (χ3v) is 5.71. The lowest BCUT2D eigenvalue weighted by Crippen LogP contribution is -2.25. The molecule has 5 N–H and O–H groups in total. The van der Waals surface area contributed by atoms with E-state index in [-0.39, 0.29) is 17.6 Å². The summed E-state index contributed by atoms with van der Waals surface area (Å²) >= 11 is 0. The molecule has 0 atom stereocenters. The highest BCUT2D eigenvalue weighted by Crippen LogP contribution is 2.27. The molecule has 37 heavy (non-hydrogen) atoms. The second-order valence-electron chi connectivity index (χ2n) is 8.45. The van der Waals surface area contributed by atoms with Gasteiger partial charge in [0.15, 0.2) is 0 Å². The molecule has 3 aromatic carbocycles. The van der Waals surface area contributed by atoms with E-state index in [9.17, 15) is 14.7 Å². The fourth-order valence-electron chi connectivity index (χ4n) is 3.71. The van der Waals surface area contributed by atoms with Crippen LogP contribution in [0.3, 0.4) is 0 Å². The van der Waals surface area contributed by atoms with Gasteiger partial charge < -0.3 is 30.9 Å². The summed E-state index contributed by atoms with van der Waals surface area (Å²) < 4.78 is 10.7. The van der Waals surface area contributed by atoms with Crippen LogP contribution in [-0.4, -0.2) is 37.7 Å². The molecule has 2 amide bonds. The topological polar surface area (TPSA) is 123 Å². The second kappa shape index (κ2) is 13.6. The van der Waals surface area contributed by atoms with E-state index in [4.69, 9.17) is 15.2 Å². The van der Waals surface area contributed by atoms with Crippen LogP contribution in [-0.2, 0) is 9.59 Å². The number of phenolic OH excluding ortho intramolecular Hbond substituents is 1. The van der Waals surface area contributed by atoms with Crippen LogP contribution in [0.5, 0.6) is 17.2 Å². The van der Waals surface area contributed by atoms with E-state index in [1.807, 2.05) is 24.3 Å². The fraction of sp³-hybridized carbons (Fsp3) is 0.241. The number of methoxy groups -OCH3 is 2. The highest BCUT2D eigenvalue weighted by atomic mass is 16.5. The van der Waals surface area contributed by atoms with Crippen molar-refractivity contribution in [1.82, 2.24) is 5.32 Å². The quantitative estimate of drug-likeness (QED) is 0.121. The molecular formula is C29H33N3O5. The Morgan fingerprint density at radius 3 is 2.24 bits per heavy atom. The van der Waals surface area contributed by atoms with Crippen molar-refractivity contribution in [2.75, 3.05) is 31.8 Å². The molecule has 8 nitrogen and oxygen atoms in total. The number of nitrogen functional groups attached to an aromatic ring is 1. The Bertz CT molecular complexity index is 1220. The average molecular weight is 504 g/mol. The maximum absolute atomic E-state index is 13.1. The van der Waals surface area contributed by atoms with Crippen LogP contribution >= 0.6 is 0 Å². The SMILES string of the molecule is COc1cc(C=C(C(=O)NCCCCCC(=O)Nc2ccccc2N)c2ccc(O)cc2)cc(OC)c1. The highest BCUT2D eigenvalue weighted by Gasteiger charge is 2.13. The molecule has 0 unspecified atom stereocenters. The molecule has 0 aliphatic rings. The van der Waals surface area contributed by atoms with Gasteiger partial charge in [0.25, 0.3) is 5.91 Å². The van der Waals surface area contributed by atoms with Gasteiger partial charge in [-0.2, -0.15) is 0 Å². The van der Waals surface area contributed by atoms with Crippen LogP contribution < -0.4 is 25.8 Å². The summed E-state index contributed by atoms with van der Waals surface area (Å²) in [5.41, 5.74) is 8.84. The van der Waals surface area contributed by atoms with Crippen molar-refractivity contribution in [1.29, 1.82) is 0 Å². The van der Waals surface area contributed by atoms with Crippen molar-refractivity contribution in [2.45, 2.75) is 25.7 Å². The minimum Gasteiger partial charge on any atom is -0.508 e. The molecule has 0 aliphatic carbocycles. The zero-order chi connectivity index (χ0) is 26.6. The Morgan fingerprint density at radius 1 is 0.919 bits per heavy atom. The van der Waals surface area contributed by atoms with Crippen molar-refractivity contribution in [3.05, 3.63) is 77.9 Å². The van der Waals surface area contributed by atoms with Crippen molar-refractivity contribution < 1.29 is 24.2 Å². The van der Waals surface area contributed by atoms with E-state index >= 15 is 0 Å². The van der Waals surface area contributed by atoms with Gasteiger partial charge in [-0.3, -0.25) is 9.59 Å². The number of hydrogen-bond donors (Lipinski definition) is 4. The van der Waals surface area contributed by atoms with Crippen molar-refractivity contribution in [2.24, 2.45) is 0 Å². The molecule has 0 bridgehead atoms. The summed E-state index contributed by atoms with van der Waals surface area (Å²) in [7, 11) is 3.13. The number of carbonyl (C=O) groups is 2. The van der Waals surface area contributed by atoms with E-state index in [1.165, 1.54) is 12.1 Å². The highest BCUT2D eigenvalue weighted by molar-refractivity contribution is 6.24. The van der Waals surface area contributed by atoms with Crippen molar-refractivity contribution in [3.63, 3.8) is 0 Å². The van der Waals surface area contributed by atoms with E-state index in [2.05, 4.69) is 10.6 Å². The predicted octanol–water partition coefficient (Wildman–Crippen LogP) is 4.85. The molecule has 0 heterocycles. The van der Waals surface area contributed by atoms with Crippen LogP contribution in [0.4, 0.5) is 11.4 Å². The maximum atomic E-state index is 13.1. The molecule has 8 heteroatoms. The first kappa shape index (κ1) is 27.1. The maximum Gasteiger partial charge on any atom is 0.251 e. The van der Waals surface area contributed by atoms with Gasteiger partial charge in [0, 0.05) is 24.6 Å². The van der Waals surface area contributed by atoms with E-state index in [0.717, 1.165) is 18.4 Å². The first-order chi connectivity index (χ1) is 17.9. The van der Waals surface area contributed by atoms with Gasteiger partial charge >= 0.3 is 0 Å². The summed E-state index contributed by atoms with van der Waals surface area (Å²) in [5.74, 6) is 0.994. The molecule has 0 fully saturated rings. The molecule has 3 aromatic rings. The number of para-hydroxylation sites is 2. The molecule has 194 valence electrons. The Balaban J connectivity index is 1.58. The lowest BCUT2D eigenvalue weighted by atomic mass is 10.0. The number of hydrogen-bond acceptors (Lipinski definition) is 6. The van der Waals surface area contributed by atoms with Gasteiger partial charge in [-0.1, -0.05) is 30.7 Å². The second-order valence-corrected chi connectivity index (χ2v) is 8.45. The monoisotopic (exact) mass is 503 g/mol. The van der Waals surface area contributed by atoms with Gasteiger partial charge in [-0.15, -0.1) is 0 Å². The summed E-state index contributed by atoms with van der Waals surface area (Å²) in [6.07, 6.45) is 4.33. The lowest BCUT2D eigenvalue weighted by Gasteiger charge is -2.12. The zero-order valence-electron chi connectivity index (χ0n) is 21.1. The molecule has 0 saturated carbocycles. The van der Waals surface area contributed by atoms with Crippen LogP contribution in [0.1, 0.15) is 36.8 Å². The van der Waals surface area contributed by atoms with Gasteiger partial charge in [0.1, 0.15) is 17.2 Å². The number of carbonyl (C=O) groups excluding carboxylic acids is 2. The van der Waals surface area contributed by atoms with E-state index in [0.29, 0.717) is 53.4 Å². The van der Waals surface area contributed by atoms with Crippen LogP contribution in [0.25, 0.3) is 11.6 Å². The number of nitrogens with two attached hydrogens (primary N) is 1. The fourth-order valence-corrected chi connectivity index (χ4v) is 3.71. The Hall–Kier alpha value is -4.46. The van der Waals surface area contributed by atoms with E-state index in [1.54, 1.807) is 50.6 Å². The molecule has 0 spiro atoms. The normalized spacial score (nSPS) is 11.0. The third-order valence-electron chi connectivity index (χ3n) is 5.71. The number of anilines is 2. The molecule has 0 radical (unpaired) electrons. The molecule has 3 rings (SSSR count). The molecule has 0 aliphatic heterocycles. The smallest absolute Gasteiger partial charge is 0.251 e. The number of unbranched alkanes of at least 4 members (excludes halogenated alkanes) is 2. The van der Waals surface area contributed by atoms with Crippen molar-refractivity contribution in [3.8, 4) is 17.2 Å². The first-order valence-corrected chi connectivity index (χ1v) is 12.1. The van der Waals surface area contributed by atoms with Crippen LogP contribution in [0.15, 0.2) is 66.7 Å². The summed E-state index contributed by atoms with van der Waals surface area (Å²) in [6, 6.07) is 19.0. The largest absolute Gasteiger partial charge is 0.508 e. The summed E-state index contributed by atoms with van der Waals surface area (Å²) in [5, 5.41) is 15.5. The number of aromatic hydroxyl groups is 1. The lowest BCUT2D eigenvalue weighted by molar-refractivity contribution is -0.117. The van der Waals surface area contributed by atoms with Crippen LogP contribution in [0, 0.1) is 0 Å². The van der Waals surface area contributed by atoms with Gasteiger partial charge in [-0.05, 0) is 66.4 Å². The summed E-state index contributed by atoms with van der Waals surface area (Å²) in [6.45, 7) is 0.461. The van der Waals surface area contributed by atoms with Gasteiger partial charge in [0.05, 0.1) is 25.6 Å². The van der Waals surface area contributed by atoms with Gasteiger partial charge in [0.2, 0.25) is 5.91 Å². The zero-order valence-corrected chi connectivity index (χ0v) is 21.1. The van der Waals surface area contributed by atoms with Crippen molar-refractivity contribution >= 4 is 34.8 Å². The molecule has 0 aromatic heterocycles. The number of nitrogens with one attached hydrogen (secondary N) is 2. The van der Waals surface area contributed by atoms with E-state index < -0.39 is 0 Å². The number of benzene rings is 3. The number of amides is 2. The first-order valence-electron chi connectivity index (χ1n) is 12.1. The third kappa shape index (κ3) is 8.31. The molecular weight excluding hydrogens is 470 g/mol. The van der Waals surface area contributed by atoms with Gasteiger partial charge in [-0.25, -0.2) is 0 Å². The number of rotatable bonds is 12. The Kier molecular flexibility index (Phi) is 9.96. The standard InChI is InChI=1S/C29H33N3O5/c1-36-23-16-20(17-24(19-23)37-2)18-25(21-11-13-22(33)14-12-21)29(35)31-15-7-3-4-10-28(34)32-27-9-6-5-8-26(27)30/h5-6,8-9,11-14,16-19,33H,3-4,7,10,15,30H2,1-2H3,(H,31,35)(H,32,34). The van der Waals surface area contributed by atoms with Crippen LogP contribution in [0.2, 0.25) is 0 Å². The Labute approximate surface area is 217 Å². The minimum atomic E-state index is -0.246. The number of phenols is 1. The summed E-state index contributed by atoms with van der Waals surface area (Å²) in [4.78, 5) is 25.3.